The number of thioether (sulfide) groups is 1. The van der Waals surface area contributed by atoms with Crippen molar-refractivity contribution in [1.29, 1.82) is 0 Å². The van der Waals surface area contributed by atoms with Gasteiger partial charge in [-0.3, -0.25) is 0 Å². The highest BCUT2D eigenvalue weighted by atomic mass is 32.2. The van der Waals surface area contributed by atoms with Crippen molar-refractivity contribution in [2.24, 2.45) is 5.41 Å². The van der Waals surface area contributed by atoms with Crippen molar-refractivity contribution in [1.82, 2.24) is 5.32 Å². The summed E-state index contributed by atoms with van der Waals surface area (Å²) in [6.07, 6.45) is 6.19. The number of nitrogens with one attached hydrogen (secondary N) is 1. The van der Waals surface area contributed by atoms with E-state index in [4.69, 9.17) is 0 Å². The van der Waals surface area contributed by atoms with Crippen LogP contribution in [0.5, 0.6) is 0 Å². The Morgan fingerprint density at radius 1 is 1.23 bits per heavy atom. The first-order chi connectivity index (χ1) is 6.18. The fraction of sp³-hybridized carbons (Fsp3) is 1.00. The van der Waals surface area contributed by atoms with Crippen LogP contribution in [0.25, 0.3) is 0 Å². The first-order valence-corrected chi connectivity index (χ1v) is 6.77. The Labute approximate surface area is 88.1 Å². The third-order valence-corrected chi connectivity index (χ3v) is 3.18. The highest BCUT2D eigenvalue weighted by Gasteiger charge is 2.21. The maximum absolute atomic E-state index is 3.47. The lowest BCUT2D eigenvalue weighted by atomic mass is 9.83. The van der Waals surface area contributed by atoms with Crippen LogP contribution in [0, 0.1) is 5.41 Å². The van der Waals surface area contributed by atoms with Gasteiger partial charge in [-0.15, -0.1) is 0 Å². The van der Waals surface area contributed by atoms with Crippen LogP contribution in [0.2, 0.25) is 0 Å². The van der Waals surface area contributed by atoms with Crippen LogP contribution in [0.4, 0.5) is 0 Å². The van der Waals surface area contributed by atoms with Gasteiger partial charge < -0.3 is 5.32 Å². The Balaban J connectivity index is 3.84. The van der Waals surface area contributed by atoms with E-state index in [0.717, 1.165) is 6.54 Å². The van der Waals surface area contributed by atoms with E-state index in [-0.39, 0.29) is 0 Å². The van der Waals surface area contributed by atoms with Crippen LogP contribution < -0.4 is 5.32 Å². The largest absolute Gasteiger partial charge is 0.316 e. The lowest BCUT2D eigenvalue weighted by Gasteiger charge is -2.29. The van der Waals surface area contributed by atoms with E-state index in [2.05, 4.69) is 32.3 Å². The zero-order valence-electron chi connectivity index (χ0n) is 9.65. The Morgan fingerprint density at radius 3 is 2.38 bits per heavy atom. The van der Waals surface area contributed by atoms with Gasteiger partial charge in [-0.05, 0) is 36.8 Å². The van der Waals surface area contributed by atoms with E-state index in [1.165, 1.54) is 31.6 Å². The summed E-state index contributed by atoms with van der Waals surface area (Å²) in [5.74, 6) is 1.29. The minimum absolute atomic E-state index is 0.522. The van der Waals surface area contributed by atoms with Gasteiger partial charge in [-0.1, -0.05) is 27.2 Å². The van der Waals surface area contributed by atoms with Crippen molar-refractivity contribution in [3.05, 3.63) is 0 Å². The molecule has 80 valence electrons. The highest BCUT2D eigenvalue weighted by Crippen LogP contribution is 2.28. The summed E-state index contributed by atoms with van der Waals surface area (Å²) in [5.41, 5.74) is 0.522. The monoisotopic (exact) mass is 203 g/mol. The molecule has 0 aliphatic heterocycles. The van der Waals surface area contributed by atoms with Gasteiger partial charge in [0.05, 0.1) is 0 Å². The molecule has 1 N–H and O–H groups in total. The maximum Gasteiger partial charge on any atom is 0.000534 e. The first kappa shape index (κ1) is 13.3. The lowest BCUT2D eigenvalue weighted by molar-refractivity contribution is 0.271. The Morgan fingerprint density at radius 2 is 1.92 bits per heavy atom. The highest BCUT2D eigenvalue weighted by molar-refractivity contribution is 7.98. The van der Waals surface area contributed by atoms with Crippen LogP contribution in [0.1, 0.15) is 40.0 Å². The third-order valence-electron chi connectivity index (χ3n) is 2.57. The van der Waals surface area contributed by atoms with Gasteiger partial charge in [0.2, 0.25) is 0 Å². The molecule has 0 amide bonds. The second kappa shape index (κ2) is 7.69. The summed E-state index contributed by atoms with van der Waals surface area (Å²) >= 11 is 1.96. The van der Waals surface area contributed by atoms with E-state index in [1.807, 2.05) is 11.8 Å². The number of rotatable bonds is 8. The van der Waals surface area contributed by atoms with Crippen molar-refractivity contribution < 1.29 is 0 Å². The summed E-state index contributed by atoms with van der Waals surface area (Å²) in [5, 5.41) is 3.47. The van der Waals surface area contributed by atoms with Crippen LogP contribution >= 0.6 is 11.8 Å². The number of hydrogen-bond acceptors (Lipinski definition) is 2. The van der Waals surface area contributed by atoms with Crippen LogP contribution in [-0.4, -0.2) is 25.1 Å². The van der Waals surface area contributed by atoms with Gasteiger partial charge in [0.15, 0.2) is 0 Å². The Kier molecular flexibility index (Phi) is 7.87. The molecular formula is C11H25NS. The topological polar surface area (TPSA) is 12.0 Å². The molecule has 0 bridgehead atoms. The molecule has 1 nitrogen and oxygen atoms in total. The first-order valence-electron chi connectivity index (χ1n) is 5.38. The second-order valence-electron chi connectivity index (χ2n) is 4.08. The molecule has 0 radical (unpaired) electrons. The molecule has 0 saturated carbocycles. The minimum atomic E-state index is 0.522. The summed E-state index contributed by atoms with van der Waals surface area (Å²) in [6.45, 7) is 9.15. The lowest BCUT2D eigenvalue weighted by Crippen LogP contribution is -2.32. The summed E-state index contributed by atoms with van der Waals surface area (Å²) in [6, 6.07) is 0. The summed E-state index contributed by atoms with van der Waals surface area (Å²) in [7, 11) is 0. The van der Waals surface area contributed by atoms with Crippen LogP contribution in [0.3, 0.4) is 0 Å². The molecule has 1 unspecified atom stereocenters. The smallest absolute Gasteiger partial charge is 0.000534 e. The van der Waals surface area contributed by atoms with Gasteiger partial charge in [0, 0.05) is 6.54 Å². The van der Waals surface area contributed by atoms with Crippen LogP contribution in [0.15, 0.2) is 0 Å². The molecule has 0 aromatic rings. The molecule has 0 aromatic heterocycles. The fourth-order valence-electron chi connectivity index (χ4n) is 1.68. The zero-order valence-corrected chi connectivity index (χ0v) is 10.5. The zero-order chi connectivity index (χ0) is 10.2. The molecule has 2 heteroatoms. The SMILES string of the molecule is CCCC(C)(CCSC)CNCC. The Bertz CT molecular complexity index is 107. The van der Waals surface area contributed by atoms with Gasteiger partial charge in [-0.2, -0.15) is 11.8 Å². The average molecular weight is 203 g/mol. The van der Waals surface area contributed by atoms with E-state index in [1.54, 1.807) is 0 Å². The quantitative estimate of drug-likeness (QED) is 0.650. The molecule has 0 saturated heterocycles. The minimum Gasteiger partial charge on any atom is -0.316 e. The third kappa shape index (κ3) is 6.39. The van der Waals surface area contributed by atoms with E-state index < -0.39 is 0 Å². The van der Waals surface area contributed by atoms with E-state index >= 15 is 0 Å². The predicted octanol–water partition coefficient (Wildman–Crippen LogP) is 3.16. The number of hydrogen-bond donors (Lipinski definition) is 1. The maximum atomic E-state index is 3.47. The van der Waals surface area contributed by atoms with Crippen molar-refractivity contribution in [2.75, 3.05) is 25.1 Å². The molecule has 13 heavy (non-hydrogen) atoms. The standard InChI is InChI=1S/C11H25NS/c1-5-7-11(3,8-9-13-4)10-12-6-2/h12H,5-10H2,1-4H3. The molecule has 0 fully saturated rings. The van der Waals surface area contributed by atoms with Gasteiger partial charge in [-0.25, -0.2) is 0 Å². The van der Waals surface area contributed by atoms with Gasteiger partial charge >= 0.3 is 0 Å². The fourth-order valence-corrected chi connectivity index (χ4v) is 2.38. The molecule has 0 aromatic carbocycles. The van der Waals surface area contributed by atoms with Gasteiger partial charge in [0.25, 0.3) is 0 Å². The second-order valence-corrected chi connectivity index (χ2v) is 5.07. The normalized spacial score (nSPS) is 15.7. The van der Waals surface area contributed by atoms with Gasteiger partial charge in [0.1, 0.15) is 0 Å². The summed E-state index contributed by atoms with van der Waals surface area (Å²) < 4.78 is 0. The van der Waals surface area contributed by atoms with Crippen molar-refractivity contribution in [3.63, 3.8) is 0 Å². The van der Waals surface area contributed by atoms with Crippen molar-refractivity contribution in [3.8, 4) is 0 Å². The van der Waals surface area contributed by atoms with Crippen LogP contribution in [-0.2, 0) is 0 Å². The molecular weight excluding hydrogens is 178 g/mol. The predicted molar refractivity (Wildman–Crippen MR) is 64.6 cm³/mol. The molecule has 0 aliphatic rings. The molecule has 0 heterocycles. The van der Waals surface area contributed by atoms with E-state index in [0.29, 0.717) is 5.41 Å². The molecule has 0 aliphatic carbocycles. The molecule has 0 spiro atoms. The Hall–Kier alpha value is 0.310. The van der Waals surface area contributed by atoms with Crippen molar-refractivity contribution in [2.45, 2.75) is 40.0 Å². The summed E-state index contributed by atoms with van der Waals surface area (Å²) in [4.78, 5) is 0. The average Bonchev–Trinajstić information content (AvgIpc) is 2.12. The van der Waals surface area contributed by atoms with Crippen molar-refractivity contribution >= 4 is 11.8 Å². The molecule has 0 rings (SSSR count). The molecule has 1 atom stereocenters. The van der Waals surface area contributed by atoms with E-state index in [9.17, 15) is 0 Å².